The number of benzene rings is 1. The molecule has 1 heterocycles. The zero-order valence-electron chi connectivity index (χ0n) is 13.1. The van der Waals surface area contributed by atoms with Gasteiger partial charge < -0.3 is 19.1 Å². The highest BCUT2D eigenvalue weighted by atomic mass is 16.5. The number of nitrogens with zero attached hydrogens (tertiary/aromatic N) is 1. The quantitative estimate of drug-likeness (QED) is 0.776. The number of carbonyl (C=O) groups is 1. The average molecular weight is 293 g/mol. The smallest absolute Gasteiger partial charge is 0.310 e. The molecule has 2 unspecified atom stereocenters. The van der Waals surface area contributed by atoms with Crippen molar-refractivity contribution in [3.8, 4) is 11.5 Å². The first-order valence-electron chi connectivity index (χ1n) is 7.17. The van der Waals surface area contributed by atoms with E-state index in [9.17, 15) is 4.79 Å². The molecule has 0 bridgehead atoms. The maximum absolute atomic E-state index is 12.2. The summed E-state index contributed by atoms with van der Waals surface area (Å²) in [7, 11) is 5.29. The molecule has 0 saturated carbocycles. The van der Waals surface area contributed by atoms with E-state index in [1.165, 1.54) is 0 Å². The Kier molecular flexibility index (Phi) is 5.07. The molecule has 0 amide bonds. The Morgan fingerprint density at radius 3 is 2.67 bits per heavy atom. The Bertz CT molecular complexity index is 503. The van der Waals surface area contributed by atoms with E-state index < -0.39 is 0 Å². The van der Waals surface area contributed by atoms with Gasteiger partial charge in [0.2, 0.25) is 0 Å². The fourth-order valence-corrected chi connectivity index (χ4v) is 2.93. The van der Waals surface area contributed by atoms with Crippen LogP contribution in [0.4, 0.5) is 0 Å². The molecule has 1 aliphatic heterocycles. The van der Waals surface area contributed by atoms with E-state index in [-0.39, 0.29) is 17.8 Å². The van der Waals surface area contributed by atoms with E-state index in [2.05, 4.69) is 4.90 Å². The maximum atomic E-state index is 12.2. The summed E-state index contributed by atoms with van der Waals surface area (Å²) in [6.07, 6.45) is 0. The molecule has 1 aromatic rings. The zero-order chi connectivity index (χ0) is 15.4. The lowest BCUT2D eigenvalue weighted by Gasteiger charge is -2.20. The molecule has 0 spiro atoms. The van der Waals surface area contributed by atoms with Crippen LogP contribution >= 0.6 is 0 Å². The number of rotatable bonds is 5. The van der Waals surface area contributed by atoms with Crippen LogP contribution in [0, 0.1) is 5.92 Å². The third-order valence-corrected chi connectivity index (χ3v) is 3.93. The Hall–Kier alpha value is -1.75. The number of hydrogen-bond acceptors (Lipinski definition) is 5. The zero-order valence-corrected chi connectivity index (χ0v) is 13.1. The molecule has 2 atom stereocenters. The third kappa shape index (κ3) is 3.29. The van der Waals surface area contributed by atoms with Crippen LogP contribution in [0.3, 0.4) is 0 Å². The predicted octanol–water partition coefficient (Wildman–Crippen LogP) is 1.91. The number of esters is 1. The van der Waals surface area contributed by atoms with Crippen LogP contribution < -0.4 is 9.47 Å². The number of methoxy groups -OCH3 is 2. The van der Waals surface area contributed by atoms with Gasteiger partial charge in [0, 0.05) is 24.6 Å². The van der Waals surface area contributed by atoms with Gasteiger partial charge in [0.25, 0.3) is 0 Å². The van der Waals surface area contributed by atoms with Crippen LogP contribution in [-0.2, 0) is 9.53 Å². The second kappa shape index (κ2) is 6.80. The maximum Gasteiger partial charge on any atom is 0.310 e. The highest BCUT2D eigenvalue weighted by Gasteiger charge is 2.39. The van der Waals surface area contributed by atoms with Crippen LogP contribution in [0.25, 0.3) is 0 Å². The standard InChI is InChI=1S/C16H23NO4/c1-5-21-16(18)14-10-17(2)9-13(14)12-8-11(19-3)6-7-15(12)20-4/h6-8,13-14H,5,9-10H2,1-4H3. The number of likely N-dealkylation sites (N-methyl/N-ethyl adjacent to an activating group) is 1. The minimum absolute atomic E-state index is 0.0547. The first-order chi connectivity index (χ1) is 10.1. The van der Waals surface area contributed by atoms with E-state index >= 15 is 0 Å². The summed E-state index contributed by atoms with van der Waals surface area (Å²) in [4.78, 5) is 14.4. The van der Waals surface area contributed by atoms with Gasteiger partial charge in [0.05, 0.1) is 26.7 Å². The average Bonchev–Trinajstić information content (AvgIpc) is 2.88. The lowest BCUT2D eigenvalue weighted by atomic mass is 9.88. The first kappa shape index (κ1) is 15.6. The summed E-state index contributed by atoms with van der Waals surface area (Å²) in [5, 5.41) is 0. The van der Waals surface area contributed by atoms with Crippen molar-refractivity contribution in [2.24, 2.45) is 5.92 Å². The van der Waals surface area contributed by atoms with Crippen molar-refractivity contribution in [1.82, 2.24) is 4.90 Å². The topological polar surface area (TPSA) is 48.0 Å². The monoisotopic (exact) mass is 293 g/mol. The van der Waals surface area contributed by atoms with Crippen LogP contribution in [0.2, 0.25) is 0 Å². The second-order valence-corrected chi connectivity index (χ2v) is 5.29. The van der Waals surface area contributed by atoms with Gasteiger partial charge in [-0.25, -0.2) is 0 Å². The number of ether oxygens (including phenoxy) is 3. The molecule has 1 saturated heterocycles. The minimum atomic E-state index is -0.170. The van der Waals surface area contributed by atoms with Crippen molar-refractivity contribution in [2.75, 3.05) is 41.0 Å². The first-order valence-corrected chi connectivity index (χ1v) is 7.17. The number of likely N-dealkylation sites (tertiary alicyclic amines) is 1. The molecule has 116 valence electrons. The number of carbonyl (C=O) groups excluding carboxylic acids is 1. The van der Waals surface area contributed by atoms with E-state index in [4.69, 9.17) is 14.2 Å². The summed E-state index contributed by atoms with van der Waals surface area (Å²) < 4.78 is 16.0. The second-order valence-electron chi connectivity index (χ2n) is 5.29. The van der Waals surface area contributed by atoms with Gasteiger partial charge in [-0.2, -0.15) is 0 Å². The lowest BCUT2D eigenvalue weighted by molar-refractivity contribution is -0.147. The SMILES string of the molecule is CCOC(=O)C1CN(C)CC1c1cc(OC)ccc1OC. The molecule has 0 radical (unpaired) electrons. The molecular weight excluding hydrogens is 270 g/mol. The third-order valence-electron chi connectivity index (χ3n) is 3.93. The lowest BCUT2D eigenvalue weighted by Crippen LogP contribution is -2.24. The van der Waals surface area contributed by atoms with Crippen molar-refractivity contribution >= 4 is 5.97 Å². The van der Waals surface area contributed by atoms with Crippen molar-refractivity contribution in [2.45, 2.75) is 12.8 Å². The van der Waals surface area contributed by atoms with E-state index in [1.807, 2.05) is 32.2 Å². The van der Waals surface area contributed by atoms with Crippen molar-refractivity contribution in [3.63, 3.8) is 0 Å². The fourth-order valence-electron chi connectivity index (χ4n) is 2.93. The molecular formula is C16H23NO4. The van der Waals surface area contributed by atoms with Gasteiger partial charge in [-0.15, -0.1) is 0 Å². The highest BCUT2D eigenvalue weighted by Crippen LogP contribution is 2.39. The summed E-state index contributed by atoms with van der Waals surface area (Å²) in [5.74, 6) is 1.29. The molecule has 1 fully saturated rings. The molecule has 5 heteroatoms. The van der Waals surface area contributed by atoms with Gasteiger partial charge in [0.15, 0.2) is 0 Å². The minimum Gasteiger partial charge on any atom is -0.497 e. The van der Waals surface area contributed by atoms with Crippen LogP contribution in [0.1, 0.15) is 18.4 Å². The van der Waals surface area contributed by atoms with Crippen LogP contribution in [-0.4, -0.2) is 51.8 Å². The van der Waals surface area contributed by atoms with Gasteiger partial charge in [-0.05, 0) is 32.2 Å². The predicted molar refractivity (Wildman–Crippen MR) is 79.9 cm³/mol. The Balaban J connectivity index is 2.35. The van der Waals surface area contributed by atoms with Gasteiger partial charge >= 0.3 is 5.97 Å². The van der Waals surface area contributed by atoms with Crippen LogP contribution in [0.15, 0.2) is 18.2 Å². The van der Waals surface area contributed by atoms with Gasteiger partial charge in [0.1, 0.15) is 11.5 Å². The Morgan fingerprint density at radius 1 is 1.29 bits per heavy atom. The van der Waals surface area contributed by atoms with Gasteiger partial charge in [-0.1, -0.05) is 0 Å². The molecule has 2 rings (SSSR count). The Morgan fingerprint density at radius 2 is 2.05 bits per heavy atom. The molecule has 0 aliphatic carbocycles. The molecule has 5 nitrogen and oxygen atoms in total. The molecule has 1 aromatic carbocycles. The van der Waals surface area contributed by atoms with Crippen molar-refractivity contribution in [3.05, 3.63) is 23.8 Å². The van der Waals surface area contributed by atoms with Crippen molar-refractivity contribution < 1.29 is 19.0 Å². The van der Waals surface area contributed by atoms with Gasteiger partial charge in [-0.3, -0.25) is 4.79 Å². The Labute approximate surface area is 125 Å². The fraction of sp³-hybridized carbons (Fsp3) is 0.562. The highest BCUT2D eigenvalue weighted by molar-refractivity contribution is 5.75. The largest absolute Gasteiger partial charge is 0.497 e. The summed E-state index contributed by atoms with van der Waals surface area (Å²) in [6.45, 7) is 3.73. The van der Waals surface area contributed by atoms with E-state index in [0.29, 0.717) is 13.2 Å². The van der Waals surface area contributed by atoms with E-state index in [1.54, 1.807) is 14.2 Å². The molecule has 0 aromatic heterocycles. The molecule has 1 aliphatic rings. The normalized spacial score (nSPS) is 22.1. The number of hydrogen-bond donors (Lipinski definition) is 0. The summed E-state index contributed by atoms with van der Waals surface area (Å²) in [6, 6.07) is 5.70. The summed E-state index contributed by atoms with van der Waals surface area (Å²) in [5.41, 5.74) is 0.999. The van der Waals surface area contributed by atoms with Crippen molar-refractivity contribution in [1.29, 1.82) is 0 Å². The van der Waals surface area contributed by atoms with Crippen LogP contribution in [0.5, 0.6) is 11.5 Å². The van der Waals surface area contributed by atoms with E-state index in [0.717, 1.165) is 23.6 Å². The molecule has 0 N–H and O–H groups in total. The molecule has 21 heavy (non-hydrogen) atoms. The summed E-state index contributed by atoms with van der Waals surface area (Å²) >= 11 is 0.